The van der Waals surface area contributed by atoms with Crippen LogP contribution in [0.5, 0.6) is 5.75 Å². The second-order valence-corrected chi connectivity index (χ2v) is 7.99. The number of hydrogen-bond acceptors (Lipinski definition) is 4. The summed E-state index contributed by atoms with van der Waals surface area (Å²) < 4.78 is 32.4. The van der Waals surface area contributed by atoms with Gasteiger partial charge in [-0.2, -0.15) is 0 Å². The quantitative estimate of drug-likeness (QED) is 0.689. The summed E-state index contributed by atoms with van der Waals surface area (Å²) in [6.45, 7) is 4.17. The smallest absolute Gasteiger partial charge is 0.251 e. The van der Waals surface area contributed by atoms with E-state index in [9.17, 15) is 13.2 Å². The van der Waals surface area contributed by atoms with E-state index in [4.69, 9.17) is 4.74 Å². The van der Waals surface area contributed by atoms with Crippen LogP contribution in [0.25, 0.3) is 0 Å². The molecule has 0 aliphatic rings. The van der Waals surface area contributed by atoms with Crippen LogP contribution in [-0.2, 0) is 16.4 Å². The highest BCUT2D eigenvalue weighted by molar-refractivity contribution is 7.89. The molecule has 0 aromatic heterocycles. The van der Waals surface area contributed by atoms with Gasteiger partial charge in [-0.05, 0) is 55.7 Å². The Morgan fingerprint density at radius 2 is 1.78 bits per heavy atom. The van der Waals surface area contributed by atoms with Gasteiger partial charge in [-0.3, -0.25) is 4.79 Å². The Bertz CT molecular complexity index is 864. The lowest BCUT2D eigenvalue weighted by Crippen LogP contribution is -2.32. The Morgan fingerprint density at radius 1 is 1.11 bits per heavy atom. The number of hydrogen-bond donors (Lipinski definition) is 2. The fraction of sp³-hybridized carbons (Fsp3) is 0.350. The summed E-state index contributed by atoms with van der Waals surface area (Å²) in [5, 5.41) is 2.84. The number of methoxy groups -OCH3 is 1. The molecule has 0 aliphatic carbocycles. The van der Waals surface area contributed by atoms with Crippen molar-refractivity contribution in [2.24, 2.45) is 0 Å². The van der Waals surface area contributed by atoms with E-state index >= 15 is 0 Å². The molecule has 0 saturated heterocycles. The van der Waals surface area contributed by atoms with Gasteiger partial charge in [0.25, 0.3) is 5.91 Å². The molecule has 1 atom stereocenters. The Hall–Kier alpha value is -2.38. The van der Waals surface area contributed by atoms with Crippen molar-refractivity contribution in [2.45, 2.75) is 37.6 Å². The number of carbonyl (C=O) groups excluding carboxylic acids is 1. The molecule has 1 amide bonds. The van der Waals surface area contributed by atoms with Gasteiger partial charge in [-0.1, -0.05) is 25.1 Å². The monoisotopic (exact) mass is 390 g/mol. The second-order valence-electron chi connectivity index (χ2n) is 6.27. The first kappa shape index (κ1) is 20.9. The van der Waals surface area contributed by atoms with Crippen LogP contribution in [0.4, 0.5) is 0 Å². The average Bonchev–Trinajstić information content (AvgIpc) is 2.68. The van der Waals surface area contributed by atoms with Crippen LogP contribution in [0, 0.1) is 0 Å². The molecule has 2 rings (SSSR count). The fourth-order valence-corrected chi connectivity index (χ4v) is 3.85. The third kappa shape index (κ3) is 5.80. The molecule has 0 bridgehead atoms. The molecule has 0 heterocycles. The molecule has 7 heteroatoms. The number of ether oxygens (including phenoxy) is 1. The minimum absolute atomic E-state index is 0.145. The topological polar surface area (TPSA) is 84.5 Å². The maximum atomic E-state index is 12.3. The molecule has 2 aromatic rings. The predicted octanol–water partition coefficient (Wildman–Crippen LogP) is 2.74. The Balaban J connectivity index is 1.95. The zero-order valence-corrected chi connectivity index (χ0v) is 16.7. The molecule has 27 heavy (non-hydrogen) atoms. The van der Waals surface area contributed by atoms with Crippen molar-refractivity contribution in [2.75, 3.05) is 13.7 Å². The molecule has 0 aliphatic heterocycles. The van der Waals surface area contributed by atoms with E-state index in [1.807, 2.05) is 31.2 Å². The van der Waals surface area contributed by atoms with E-state index in [1.165, 1.54) is 24.3 Å². The maximum Gasteiger partial charge on any atom is 0.251 e. The lowest BCUT2D eigenvalue weighted by atomic mass is 10.1. The first-order chi connectivity index (χ1) is 12.9. The van der Waals surface area contributed by atoms with E-state index in [2.05, 4.69) is 10.0 Å². The Morgan fingerprint density at radius 3 is 2.41 bits per heavy atom. The maximum absolute atomic E-state index is 12.3. The molecule has 6 nitrogen and oxygen atoms in total. The SMILES string of the molecule is CCC(C)NS(=O)(=O)c1ccc(C(=O)NCCc2ccccc2OC)cc1. The molecule has 0 saturated carbocycles. The van der Waals surface area contributed by atoms with Gasteiger partial charge in [0.1, 0.15) is 5.75 Å². The summed E-state index contributed by atoms with van der Waals surface area (Å²) in [4.78, 5) is 12.4. The minimum Gasteiger partial charge on any atom is -0.496 e. The van der Waals surface area contributed by atoms with Crippen molar-refractivity contribution in [1.29, 1.82) is 0 Å². The van der Waals surface area contributed by atoms with Crippen molar-refractivity contribution >= 4 is 15.9 Å². The highest BCUT2D eigenvalue weighted by Crippen LogP contribution is 2.17. The van der Waals surface area contributed by atoms with Crippen molar-refractivity contribution in [3.05, 3.63) is 59.7 Å². The second kappa shape index (κ2) is 9.53. The lowest BCUT2D eigenvalue weighted by Gasteiger charge is -2.12. The van der Waals surface area contributed by atoms with Crippen molar-refractivity contribution in [3.63, 3.8) is 0 Å². The zero-order chi connectivity index (χ0) is 19.9. The summed E-state index contributed by atoms with van der Waals surface area (Å²) >= 11 is 0. The number of carbonyl (C=O) groups is 1. The Labute approximate surface area is 161 Å². The van der Waals surface area contributed by atoms with Crippen LogP contribution in [0.2, 0.25) is 0 Å². The number of amides is 1. The summed E-state index contributed by atoms with van der Waals surface area (Å²) in [6.07, 6.45) is 1.34. The third-order valence-corrected chi connectivity index (χ3v) is 5.87. The van der Waals surface area contributed by atoms with E-state index in [-0.39, 0.29) is 16.8 Å². The van der Waals surface area contributed by atoms with Crippen molar-refractivity contribution in [1.82, 2.24) is 10.0 Å². The highest BCUT2D eigenvalue weighted by Gasteiger charge is 2.17. The normalized spacial score (nSPS) is 12.4. The summed E-state index contributed by atoms with van der Waals surface area (Å²) in [5.41, 5.74) is 1.43. The van der Waals surface area contributed by atoms with Gasteiger partial charge in [0.05, 0.1) is 12.0 Å². The van der Waals surface area contributed by atoms with E-state index < -0.39 is 10.0 Å². The van der Waals surface area contributed by atoms with E-state index in [0.29, 0.717) is 24.9 Å². The van der Waals surface area contributed by atoms with Gasteiger partial charge in [-0.15, -0.1) is 0 Å². The van der Waals surface area contributed by atoms with Crippen molar-refractivity contribution < 1.29 is 17.9 Å². The van der Waals surface area contributed by atoms with Crippen molar-refractivity contribution in [3.8, 4) is 5.75 Å². The average molecular weight is 391 g/mol. The molecular weight excluding hydrogens is 364 g/mol. The largest absolute Gasteiger partial charge is 0.496 e. The van der Waals surface area contributed by atoms with Gasteiger partial charge < -0.3 is 10.1 Å². The highest BCUT2D eigenvalue weighted by atomic mass is 32.2. The molecule has 1 unspecified atom stereocenters. The Kier molecular flexibility index (Phi) is 7.38. The molecule has 146 valence electrons. The van der Waals surface area contributed by atoms with Crippen LogP contribution in [0.15, 0.2) is 53.4 Å². The number of para-hydroxylation sites is 1. The van der Waals surface area contributed by atoms with Gasteiger partial charge >= 0.3 is 0 Å². The van der Waals surface area contributed by atoms with Crippen LogP contribution >= 0.6 is 0 Å². The van der Waals surface area contributed by atoms with Crippen LogP contribution in [-0.4, -0.2) is 34.0 Å². The number of sulfonamides is 1. The van der Waals surface area contributed by atoms with Gasteiger partial charge in [0.15, 0.2) is 0 Å². The molecule has 0 fully saturated rings. The van der Waals surface area contributed by atoms with Crippen LogP contribution < -0.4 is 14.8 Å². The first-order valence-corrected chi connectivity index (χ1v) is 10.4. The van der Waals surface area contributed by atoms with Gasteiger partial charge in [0.2, 0.25) is 10.0 Å². The van der Waals surface area contributed by atoms with Gasteiger partial charge in [0, 0.05) is 18.2 Å². The molecule has 2 aromatic carbocycles. The van der Waals surface area contributed by atoms with E-state index in [1.54, 1.807) is 14.0 Å². The number of benzene rings is 2. The fourth-order valence-electron chi connectivity index (χ4n) is 2.52. The third-order valence-electron chi connectivity index (χ3n) is 4.27. The summed E-state index contributed by atoms with van der Waals surface area (Å²) in [6, 6.07) is 13.4. The standard InChI is InChI=1S/C20H26N2O4S/c1-4-15(2)22-27(24,25)18-11-9-17(10-12-18)20(23)21-14-13-16-7-5-6-8-19(16)26-3/h5-12,15,22H,4,13-14H2,1-3H3,(H,21,23). The minimum atomic E-state index is -3.57. The number of rotatable bonds is 9. The van der Waals surface area contributed by atoms with Crippen LogP contribution in [0.1, 0.15) is 36.2 Å². The molecular formula is C20H26N2O4S. The molecule has 0 spiro atoms. The lowest BCUT2D eigenvalue weighted by molar-refractivity contribution is 0.0954. The van der Waals surface area contributed by atoms with E-state index in [0.717, 1.165) is 11.3 Å². The van der Waals surface area contributed by atoms with Gasteiger partial charge in [-0.25, -0.2) is 13.1 Å². The predicted molar refractivity (Wildman–Crippen MR) is 106 cm³/mol. The first-order valence-electron chi connectivity index (χ1n) is 8.90. The number of nitrogens with one attached hydrogen (secondary N) is 2. The molecule has 2 N–H and O–H groups in total. The molecule has 0 radical (unpaired) electrons. The summed E-state index contributed by atoms with van der Waals surface area (Å²) in [7, 11) is -1.96. The summed E-state index contributed by atoms with van der Waals surface area (Å²) in [5.74, 6) is 0.541. The zero-order valence-electron chi connectivity index (χ0n) is 15.9. The van der Waals surface area contributed by atoms with Crippen LogP contribution in [0.3, 0.4) is 0 Å².